The van der Waals surface area contributed by atoms with Crippen LogP contribution in [0.4, 0.5) is 4.39 Å². The van der Waals surface area contributed by atoms with E-state index in [-0.39, 0.29) is 10.8 Å². The van der Waals surface area contributed by atoms with Gasteiger partial charge in [0.15, 0.2) is 11.6 Å². The molecule has 4 rings (SSSR count). The molecule has 212 valence electrons. The molecule has 0 radical (unpaired) electrons. The molecule has 1 aromatic rings. The van der Waals surface area contributed by atoms with Gasteiger partial charge in [-0.25, -0.2) is 4.39 Å². The zero-order chi connectivity index (χ0) is 26.7. The van der Waals surface area contributed by atoms with E-state index in [1.807, 2.05) is 25.1 Å². The molecule has 3 aliphatic carbocycles. The molecular formula is C35H52ClFO. The molecule has 1 unspecified atom stereocenters. The maximum atomic E-state index is 14.8. The van der Waals surface area contributed by atoms with Crippen molar-refractivity contribution in [3.05, 3.63) is 46.8 Å². The number of unbranched alkanes of at least 4 members (excludes halogenated alkanes) is 4. The van der Waals surface area contributed by atoms with E-state index in [0.717, 1.165) is 48.0 Å². The van der Waals surface area contributed by atoms with Gasteiger partial charge in [0.1, 0.15) is 6.61 Å². The summed E-state index contributed by atoms with van der Waals surface area (Å²) in [6.07, 6.45) is 29.8. The van der Waals surface area contributed by atoms with Crippen molar-refractivity contribution in [2.24, 2.45) is 29.6 Å². The minimum absolute atomic E-state index is 0.208. The Balaban J connectivity index is 1.19. The number of rotatable bonds is 12. The Kier molecular flexibility index (Phi) is 12.1. The Labute approximate surface area is 237 Å². The summed E-state index contributed by atoms with van der Waals surface area (Å²) in [6, 6.07) is 3.67. The van der Waals surface area contributed by atoms with Gasteiger partial charge in [0.25, 0.3) is 0 Å². The van der Waals surface area contributed by atoms with Crippen molar-refractivity contribution < 1.29 is 9.13 Å². The number of allylic oxidation sites excluding steroid dienone is 3. The summed E-state index contributed by atoms with van der Waals surface area (Å²) in [5.41, 5.74) is 2.06. The van der Waals surface area contributed by atoms with E-state index in [2.05, 4.69) is 13.0 Å². The Morgan fingerprint density at radius 2 is 1.53 bits per heavy atom. The smallest absolute Gasteiger partial charge is 0.184 e. The van der Waals surface area contributed by atoms with E-state index >= 15 is 0 Å². The minimum Gasteiger partial charge on any atom is -0.486 e. The molecule has 0 amide bonds. The van der Waals surface area contributed by atoms with Crippen molar-refractivity contribution in [3.63, 3.8) is 0 Å². The van der Waals surface area contributed by atoms with Crippen molar-refractivity contribution in [1.82, 2.24) is 0 Å². The first-order chi connectivity index (χ1) is 18.6. The molecule has 1 nitrogen and oxygen atoms in total. The maximum absolute atomic E-state index is 14.8. The fourth-order valence-electron chi connectivity index (χ4n) is 7.73. The minimum atomic E-state index is -0.434. The quantitative estimate of drug-likeness (QED) is 0.188. The van der Waals surface area contributed by atoms with Gasteiger partial charge >= 0.3 is 0 Å². The van der Waals surface area contributed by atoms with Gasteiger partial charge in [-0.2, -0.15) is 0 Å². The number of hydrogen-bond donors (Lipinski definition) is 0. The zero-order valence-electron chi connectivity index (χ0n) is 24.2. The topological polar surface area (TPSA) is 9.23 Å². The first-order valence-corrected chi connectivity index (χ1v) is 16.4. The number of benzene rings is 1. The second-order valence-corrected chi connectivity index (χ2v) is 12.9. The molecule has 0 heterocycles. The van der Waals surface area contributed by atoms with Crippen molar-refractivity contribution in [2.75, 3.05) is 6.61 Å². The SMILES string of the molecule is C/C=C/COc1ccc(C2=CCC(C3CCC(C4CCC(CCCCCCC)CC4)CC3)CC2)c(Cl)c1F. The van der Waals surface area contributed by atoms with Crippen LogP contribution in [-0.4, -0.2) is 6.61 Å². The largest absolute Gasteiger partial charge is 0.486 e. The summed E-state index contributed by atoms with van der Waals surface area (Å²) in [5, 5.41) is 0.208. The summed E-state index contributed by atoms with van der Waals surface area (Å²) in [7, 11) is 0. The first-order valence-electron chi connectivity index (χ1n) is 16.0. The predicted octanol–water partition coefficient (Wildman–Crippen LogP) is 11.6. The highest BCUT2D eigenvalue weighted by Crippen LogP contribution is 2.47. The third kappa shape index (κ3) is 8.12. The Hall–Kier alpha value is -1.28. The Bertz CT molecular complexity index is 905. The van der Waals surface area contributed by atoms with Crippen LogP contribution in [0.5, 0.6) is 5.75 Å². The molecule has 0 N–H and O–H groups in total. The van der Waals surface area contributed by atoms with Crippen LogP contribution in [0, 0.1) is 35.4 Å². The normalized spacial score (nSPS) is 28.4. The average molecular weight is 543 g/mol. The van der Waals surface area contributed by atoms with Crippen molar-refractivity contribution in [2.45, 2.75) is 123 Å². The standard InChI is InChI=1S/C35H52ClFO/c1-3-5-7-8-9-10-26-11-13-27(14-12-26)28-15-17-29(18-16-28)30-19-21-31(22-20-30)32-23-24-33(35(37)34(32)36)38-25-6-4-2/h4,6,21,23-24,26-30H,3,5,7-20,22,25H2,1-2H3/b6-4+. The zero-order valence-corrected chi connectivity index (χ0v) is 24.9. The Morgan fingerprint density at radius 1 is 0.868 bits per heavy atom. The van der Waals surface area contributed by atoms with E-state index in [1.165, 1.54) is 102 Å². The van der Waals surface area contributed by atoms with Crippen LogP contribution in [0.25, 0.3) is 5.57 Å². The summed E-state index contributed by atoms with van der Waals surface area (Å²) in [5.74, 6) is 4.48. The van der Waals surface area contributed by atoms with E-state index in [0.29, 0.717) is 6.61 Å². The lowest BCUT2D eigenvalue weighted by Gasteiger charge is -2.40. The molecule has 0 aliphatic heterocycles. The van der Waals surface area contributed by atoms with E-state index < -0.39 is 5.82 Å². The molecule has 0 aromatic heterocycles. The van der Waals surface area contributed by atoms with Gasteiger partial charge in [0, 0.05) is 0 Å². The number of ether oxygens (including phenoxy) is 1. The number of hydrogen-bond acceptors (Lipinski definition) is 1. The molecule has 1 aromatic carbocycles. The van der Waals surface area contributed by atoms with Crippen LogP contribution >= 0.6 is 11.6 Å². The third-order valence-corrected chi connectivity index (χ3v) is 10.5. The van der Waals surface area contributed by atoms with Crippen LogP contribution in [0.3, 0.4) is 0 Å². The monoisotopic (exact) mass is 542 g/mol. The molecule has 1 atom stereocenters. The number of halogens is 2. The van der Waals surface area contributed by atoms with Crippen molar-refractivity contribution >= 4 is 17.2 Å². The van der Waals surface area contributed by atoms with E-state index in [9.17, 15) is 4.39 Å². The van der Waals surface area contributed by atoms with Gasteiger partial charge in [-0.1, -0.05) is 88.1 Å². The molecule has 2 fully saturated rings. The molecule has 0 bridgehead atoms. The van der Waals surface area contributed by atoms with Crippen LogP contribution in [0.2, 0.25) is 5.02 Å². The second kappa shape index (κ2) is 15.5. The molecule has 38 heavy (non-hydrogen) atoms. The van der Waals surface area contributed by atoms with E-state index in [1.54, 1.807) is 6.07 Å². The highest BCUT2D eigenvalue weighted by Gasteiger charge is 2.34. The molecule has 3 aliphatic rings. The average Bonchev–Trinajstić information content (AvgIpc) is 2.96. The summed E-state index contributed by atoms with van der Waals surface area (Å²) in [6.45, 7) is 4.59. The Morgan fingerprint density at radius 3 is 2.16 bits per heavy atom. The summed E-state index contributed by atoms with van der Waals surface area (Å²) >= 11 is 6.46. The van der Waals surface area contributed by atoms with Crippen molar-refractivity contribution in [1.29, 1.82) is 0 Å². The molecular weight excluding hydrogens is 491 g/mol. The van der Waals surface area contributed by atoms with Crippen LogP contribution in [0.1, 0.15) is 129 Å². The van der Waals surface area contributed by atoms with Crippen LogP contribution in [-0.2, 0) is 0 Å². The highest BCUT2D eigenvalue weighted by atomic mass is 35.5. The fourth-order valence-corrected chi connectivity index (χ4v) is 8.00. The van der Waals surface area contributed by atoms with Gasteiger partial charge in [-0.15, -0.1) is 0 Å². The van der Waals surface area contributed by atoms with Crippen LogP contribution in [0.15, 0.2) is 30.4 Å². The highest BCUT2D eigenvalue weighted by molar-refractivity contribution is 6.32. The molecule has 0 spiro atoms. The first kappa shape index (κ1) is 29.7. The van der Waals surface area contributed by atoms with Gasteiger partial charge in [-0.05, 0) is 118 Å². The van der Waals surface area contributed by atoms with Gasteiger partial charge in [-0.3, -0.25) is 0 Å². The molecule has 0 saturated heterocycles. The summed E-state index contributed by atoms with van der Waals surface area (Å²) in [4.78, 5) is 0. The third-order valence-electron chi connectivity index (χ3n) is 10.2. The lowest BCUT2D eigenvalue weighted by molar-refractivity contribution is 0.120. The molecule has 3 heteroatoms. The van der Waals surface area contributed by atoms with Gasteiger partial charge < -0.3 is 4.74 Å². The van der Waals surface area contributed by atoms with Gasteiger partial charge in [0.2, 0.25) is 0 Å². The van der Waals surface area contributed by atoms with Crippen molar-refractivity contribution in [3.8, 4) is 5.75 Å². The lowest BCUT2D eigenvalue weighted by atomic mass is 9.65. The van der Waals surface area contributed by atoms with Gasteiger partial charge in [0.05, 0.1) is 5.02 Å². The lowest BCUT2D eigenvalue weighted by Crippen LogP contribution is -2.28. The maximum Gasteiger partial charge on any atom is 0.184 e. The fraction of sp³-hybridized carbons (Fsp3) is 0.714. The van der Waals surface area contributed by atoms with Crippen LogP contribution < -0.4 is 4.74 Å². The van der Waals surface area contributed by atoms with E-state index in [4.69, 9.17) is 16.3 Å². The summed E-state index contributed by atoms with van der Waals surface area (Å²) < 4.78 is 20.3. The second-order valence-electron chi connectivity index (χ2n) is 12.5. The predicted molar refractivity (Wildman–Crippen MR) is 161 cm³/mol. The molecule has 2 saturated carbocycles.